The van der Waals surface area contributed by atoms with Crippen LogP contribution in [0.4, 0.5) is 18.9 Å². The van der Waals surface area contributed by atoms with Crippen LogP contribution in [0.3, 0.4) is 0 Å². The number of aromatic nitrogens is 3. The first kappa shape index (κ1) is 17.2. The smallest absolute Gasteiger partial charge is 0.322 e. The molecule has 0 saturated carbocycles. The molecule has 0 atom stereocenters. The number of anilines is 1. The molecule has 5 nitrogen and oxygen atoms in total. The molecular weight excluding hydrogens is 401 g/mol. The highest BCUT2D eigenvalue weighted by molar-refractivity contribution is 9.10. The lowest BCUT2D eigenvalue weighted by molar-refractivity contribution is -0.141. The molecule has 0 bridgehead atoms. The fourth-order valence-electron chi connectivity index (χ4n) is 2.13. The number of nitrogens with zero attached hydrogens (tertiary/aromatic N) is 3. The second-order valence-corrected chi connectivity index (χ2v) is 5.97. The van der Waals surface area contributed by atoms with Gasteiger partial charge in [0, 0.05) is 40.0 Å². The summed E-state index contributed by atoms with van der Waals surface area (Å²) in [7, 11) is 0. The van der Waals surface area contributed by atoms with E-state index in [4.69, 9.17) is 0 Å². The first-order valence-corrected chi connectivity index (χ1v) is 7.76. The Morgan fingerprint density at radius 1 is 1.16 bits per heavy atom. The highest BCUT2D eigenvalue weighted by Gasteiger charge is 2.32. The molecule has 0 aliphatic rings. The molecular formula is C16H10BrF3N4O. The van der Waals surface area contributed by atoms with Gasteiger partial charge >= 0.3 is 6.18 Å². The third kappa shape index (κ3) is 4.05. The van der Waals surface area contributed by atoms with Gasteiger partial charge in [0.05, 0.1) is 6.33 Å². The molecule has 9 heteroatoms. The summed E-state index contributed by atoms with van der Waals surface area (Å²) in [6, 6.07) is 7.04. The zero-order valence-electron chi connectivity index (χ0n) is 12.5. The quantitative estimate of drug-likeness (QED) is 0.699. The van der Waals surface area contributed by atoms with Crippen molar-refractivity contribution in [3.8, 4) is 5.69 Å². The van der Waals surface area contributed by atoms with Crippen LogP contribution >= 0.6 is 15.9 Å². The number of benzene rings is 1. The van der Waals surface area contributed by atoms with E-state index in [1.807, 2.05) is 0 Å². The van der Waals surface area contributed by atoms with E-state index in [1.54, 1.807) is 41.5 Å². The van der Waals surface area contributed by atoms with E-state index in [0.717, 1.165) is 12.3 Å². The molecule has 128 valence electrons. The van der Waals surface area contributed by atoms with Crippen molar-refractivity contribution in [3.05, 3.63) is 71.0 Å². The number of alkyl halides is 3. The molecule has 1 N–H and O–H groups in total. The van der Waals surface area contributed by atoms with E-state index in [0.29, 0.717) is 10.2 Å². The maximum Gasteiger partial charge on any atom is 0.433 e. The number of hydrogen-bond acceptors (Lipinski definition) is 3. The molecule has 2 aromatic heterocycles. The standard InChI is InChI=1S/C16H10BrF3N4O/c17-11-5-10(6-13(7-11)24-4-3-21-9-24)15(25)23-12-1-2-22-14(8-12)16(18,19)20/h1-9H,(H,22,23,25). The highest BCUT2D eigenvalue weighted by Crippen LogP contribution is 2.29. The van der Waals surface area contributed by atoms with Gasteiger partial charge in [-0.05, 0) is 30.3 Å². The third-order valence-electron chi connectivity index (χ3n) is 3.26. The zero-order valence-corrected chi connectivity index (χ0v) is 14.0. The van der Waals surface area contributed by atoms with Gasteiger partial charge in [0.15, 0.2) is 0 Å². The molecule has 0 aliphatic heterocycles. The van der Waals surface area contributed by atoms with Crippen LogP contribution in [0.5, 0.6) is 0 Å². The van der Waals surface area contributed by atoms with Gasteiger partial charge in [-0.3, -0.25) is 9.78 Å². The van der Waals surface area contributed by atoms with E-state index in [-0.39, 0.29) is 11.3 Å². The maximum atomic E-state index is 12.7. The Labute approximate surface area is 148 Å². The fourth-order valence-corrected chi connectivity index (χ4v) is 2.61. The predicted octanol–water partition coefficient (Wildman–Crippen LogP) is 4.30. The lowest BCUT2D eigenvalue weighted by Crippen LogP contribution is -2.14. The normalized spacial score (nSPS) is 11.4. The van der Waals surface area contributed by atoms with Gasteiger partial charge in [0.1, 0.15) is 5.69 Å². The topological polar surface area (TPSA) is 59.8 Å². The molecule has 3 rings (SSSR count). The van der Waals surface area contributed by atoms with Crippen LogP contribution in [0.2, 0.25) is 0 Å². The minimum Gasteiger partial charge on any atom is -0.322 e. The Balaban J connectivity index is 1.87. The highest BCUT2D eigenvalue weighted by atomic mass is 79.9. The van der Waals surface area contributed by atoms with Crippen molar-refractivity contribution in [3.63, 3.8) is 0 Å². The molecule has 0 saturated heterocycles. The minimum absolute atomic E-state index is 0.0106. The van der Waals surface area contributed by atoms with Crippen molar-refractivity contribution in [1.82, 2.24) is 14.5 Å². The summed E-state index contributed by atoms with van der Waals surface area (Å²) < 4.78 is 40.5. The average Bonchev–Trinajstić information content (AvgIpc) is 3.08. The van der Waals surface area contributed by atoms with E-state index in [9.17, 15) is 18.0 Å². The Hall–Kier alpha value is -2.68. The fraction of sp³-hybridized carbons (Fsp3) is 0.0625. The summed E-state index contributed by atoms with van der Waals surface area (Å²) in [6.07, 6.45) is 1.29. The summed E-state index contributed by atoms with van der Waals surface area (Å²) in [5, 5.41) is 2.45. The molecule has 3 aromatic rings. The molecule has 1 amide bonds. The van der Waals surface area contributed by atoms with Crippen LogP contribution in [0.15, 0.2) is 59.7 Å². The van der Waals surface area contributed by atoms with E-state index in [1.165, 1.54) is 6.07 Å². The number of halogens is 4. The van der Waals surface area contributed by atoms with Gasteiger partial charge in [0.2, 0.25) is 0 Å². The molecule has 0 unspecified atom stereocenters. The van der Waals surface area contributed by atoms with Crippen LogP contribution in [-0.4, -0.2) is 20.4 Å². The number of pyridine rings is 1. The average molecular weight is 411 g/mol. The molecule has 0 radical (unpaired) electrons. The number of nitrogens with one attached hydrogen (secondary N) is 1. The first-order chi connectivity index (χ1) is 11.8. The van der Waals surface area contributed by atoms with Gasteiger partial charge in [0.25, 0.3) is 5.91 Å². The Bertz CT molecular complexity index is 910. The van der Waals surface area contributed by atoms with Crippen LogP contribution in [0, 0.1) is 0 Å². The summed E-state index contributed by atoms with van der Waals surface area (Å²) in [6.45, 7) is 0. The lowest BCUT2D eigenvalue weighted by Gasteiger charge is -2.10. The predicted molar refractivity (Wildman–Crippen MR) is 88.5 cm³/mol. The summed E-state index contributed by atoms with van der Waals surface area (Å²) in [4.78, 5) is 19.6. The molecule has 0 aliphatic carbocycles. The van der Waals surface area contributed by atoms with Gasteiger partial charge in [-0.25, -0.2) is 4.98 Å². The van der Waals surface area contributed by atoms with E-state index in [2.05, 4.69) is 31.2 Å². The number of imidazole rings is 1. The van der Waals surface area contributed by atoms with E-state index < -0.39 is 17.8 Å². The van der Waals surface area contributed by atoms with Gasteiger partial charge in [-0.15, -0.1) is 0 Å². The number of hydrogen-bond donors (Lipinski definition) is 1. The van der Waals surface area contributed by atoms with Crippen molar-refractivity contribution in [2.75, 3.05) is 5.32 Å². The first-order valence-electron chi connectivity index (χ1n) is 6.96. The van der Waals surface area contributed by atoms with Crippen molar-refractivity contribution in [2.45, 2.75) is 6.18 Å². The molecule has 25 heavy (non-hydrogen) atoms. The molecule has 0 fully saturated rings. The van der Waals surface area contributed by atoms with Crippen molar-refractivity contribution in [2.24, 2.45) is 0 Å². The van der Waals surface area contributed by atoms with Crippen molar-refractivity contribution in [1.29, 1.82) is 0 Å². The van der Waals surface area contributed by atoms with Crippen molar-refractivity contribution < 1.29 is 18.0 Å². The second kappa shape index (κ2) is 6.67. The van der Waals surface area contributed by atoms with Crippen LogP contribution in [-0.2, 0) is 6.18 Å². The van der Waals surface area contributed by atoms with Gasteiger partial charge in [-0.1, -0.05) is 15.9 Å². The maximum absolute atomic E-state index is 12.7. The van der Waals surface area contributed by atoms with E-state index >= 15 is 0 Å². The molecule has 2 heterocycles. The molecule has 1 aromatic carbocycles. The van der Waals surface area contributed by atoms with Crippen LogP contribution in [0.25, 0.3) is 5.69 Å². The third-order valence-corrected chi connectivity index (χ3v) is 3.71. The summed E-state index contributed by atoms with van der Waals surface area (Å²) >= 11 is 3.32. The van der Waals surface area contributed by atoms with Crippen molar-refractivity contribution >= 4 is 27.5 Å². The Morgan fingerprint density at radius 3 is 2.64 bits per heavy atom. The minimum atomic E-state index is -4.58. The number of carbonyl (C=O) groups excluding carboxylic acids is 1. The van der Waals surface area contributed by atoms with Gasteiger partial charge in [-0.2, -0.15) is 13.2 Å². The molecule has 0 spiro atoms. The Morgan fingerprint density at radius 2 is 1.96 bits per heavy atom. The summed E-state index contributed by atoms with van der Waals surface area (Å²) in [5.41, 5.74) is -0.0960. The monoisotopic (exact) mass is 410 g/mol. The van der Waals surface area contributed by atoms with Gasteiger partial charge < -0.3 is 9.88 Å². The SMILES string of the molecule is O=C(Nc1ccnc(C(F)(F)F)c1)c1cc(Br)cc(-n2ccnc2)c1. The number of carbonyl (C=O) groups is 1. The number of amides is 1. The van der Waals surface area contributed by atoms with Crippen LogP contribution in [0.1, 0.15) is 16.1 Å². The summed E-state index contributed by atoms with van der Waals surface area (Å²) in [5.74, 6) is -0.540. The Kier molecular flexibility index (Phi) is 4.58. The zero-order chi connectivity index (χ0) is 18.0. The number of rotatable bonds is 3. The largest absolute Gasteiger partial charge is 0.433 e. The van der Waals surface area contributed by atoms with Crippen LogP contribution < -0.4 is 5.32 Å². The lowest BCUT2D eigenvalue weighted by atomic mass is 10.2. The second-order valence-electron chi connectivity index (χ2n) is 5.05.